The van der Waals surface area contributed by atoms with Crippen molar-refractivity contribution in [1.82, 2.24) is 0 Å². The number of rotatable bonds is 3. The van der Waals surface area contributed by atoms with Crippen LogP contribution in [0.25, 0.3) is 0 Å². The van der Waals surface area contributed by atoms with Crippen molar-refractivity contribution in [2.24, 2.45) is 0 Å². The van der Waals surface area contributed by atoms with E-state index in [0.29, 0.717) is 5.56 Å². The van der Waals surface area contributed by atoms with Gasteiger partial charge in [0.2, 0.25) is 0 Å². The van der Waals surface area contributed by atoms with Crippen LogP contribution >= 0.6 is 0 Å². The largest absolute Gasteiger partial charge is 0.452 e. The Kier molecular flexibility index (Phi) is 4.62. The molecule has 1 aliphatic rings. The van der Waals surface area contributed by atoms with Crippen molar-refractivity contribution in [1.29, 1.82) is 0 Å². The van der Waals surface area contributed by atoms with E-state index in [0.717, 1.165) is 34.4 Å². The molecule has 0 saturated carbocycles. The molecular formula is C21H23NO3. The molecule has 3 rings (SSSR count). The Morgan fingerprint density at radius 1 is 1.12 bits per heavy atom. The van der Waals surface area contributed by atoms with E-state index >= 15 is 0 Å². The zero-order valence-corrected chi connectivity index (χ0v) is 15.1. The molecule has 0 spiro atoms. The summed E-state index contributed by atoms with van der Waals surface area (Å²) in [6.07, 6.45) is 0.825. The SMILES string of the molecule is Cc1cc(C)c(C(=O)OCC(=O)N2c3ccccc3CC2C)c(C)c1. The minimum absolute atomic E-state index is 0.0754. The van der Waals surface area contributed by atoms with Crippen molar-refractivity contribution in [3.8, 4) is 0 Å². The second-order valence-corrected chi connectivity index (χ2v) is 6.80. The second-order valence-electron chi connectivity index (χ2n) is 6.80. The van der Waals surface area contributed by atoms with E-state index in [1.54, 1.807) is 4.90 Å². The lowest BCUT2D eigenvalue weighted by molar-refractivity contribution is -0.122. The molecule has 0 aliphatic carbocycles. The normalized spacial score (nSPS) is 15.8. The number of aryl methyl sites for hydroxylation is 3. The van der Waals surface area contributed by atoms with Gasteiger partial charge >= 0.3 is 5.97 Å². The fraction of sp³-hybridized carbons (Fsp3) is 0.333. The monoisotopic (exact) mass is 337 g/mol. The van der Waals surface area contributed by atoms with Crippen LogP contribution in [0.15, 0.2) is 36.4 Å². The molecule has 0 saturated heterocycles. The highest BCUT2D eigenvalue weighted by Gasteiger charge is 2.31. The van der Waals surface area contributed by atoms with Gasteiger partial charge in [0.25, 0.3) is 5.91 Å². The van der Waals surface area contributed by atoms with Gasteiger partial charge in [-0.05, 0) is 56.9 Å². The summed E-state index contributed by atoms with van der Waals surface area (Å²) in [4.78, 5) is 26.8. The number of benzene rings is 2. The Bertz CT molecular complexity index is 818. The number of anilines is 1. The number of amides is 1. The zero-order chi connectivity index (χ0) is 18.1. The van der Waals surface area contributed by atoms with Gasteiger partial charge in [-0.1, -0.05) is 35.9 Å². The first-order valence-electron chi connectivity index (χ1n) is 8.53. The standard InChI is InChI=1S/C21H23NO3/c1-13-9-14(2)20(15(3)10-13)21(24)25-12-19(23)22-16(4)11-17-7-5-6-8-18(17)22/h5-10,16H,11-12H2,1-4H3. The Hall–Kier alpha value is -2.62. The summed E-state index contributed by atoms with van der Waals surface area (Å²) in [5.74, 6) is -0.628. The number of esters is 1. The average molecular weight is 337 g/mol. The van der Waals surface area contributed by atoms with Gasteiger partial charge in [0.05, 0.1) is 5.56 Å². The Balaban J connectivity index is 1.72. The molecular weight excluding hydrogens is 314 g/mol. The van der Waals surface area contributed by atoms with Crippen molar-refractivity contribution in [2.45, 2.75) is 40.2 Å². The van der Waals surface area contributed by atoms with Crippen LogP contribution in [0, 0.1) is 20.8 Å². The van der Waals surface area contributed by atoms with Gasteiger partial charge in [0.1, 0.15) is 0 Å². The van der Waals surface area contributed by atoms with Crippen molar-refractivity contribution < 1.29 is 14.3 Å². The third-order valence-corrected chi connectivity index (χ3v) is 4.68. The molecule has 130 valence electrons. The summed E-state index contributed by atoms with van der Waals surface area (Å²) >= 11 is 0. The van der Waals surface area contributed by atoms with Gasteiger partial charge in [-0.3, -0.25) is 4.79 Å². The number of ether oxygens (including phenoxy) is 1. The quantitative estimate of drug-likeness (QED) is 0.802. The van der Waals surface area contributed by atoms with Crippen LogP contribution in [0.4, 0.5) is 5.69 Å². The molecule has 0 bridgehead atoms. The molecule has 2 aromatic carbocycles. The van der Waals surface area contributed by atoms with Crippen LogP contribution in [0.5, 0.6) is 0 Å². The first-order valence-corrected chi connectivity index (χ1v) is 8.53. The van der Waals surface area contributed by atoms with Gasteiger partial charge in [0.15, 0.2) is 6.61 Å². The number of carbonyl (C=O) groups excluding carboxylic acids is 2. The van der Waals surface area contributed by atoms with Gasteiger partial charge in [0, 0.05) is 11.7 Å². The Morgan fingerprint density at radius 2 is 1.76 bits per heavy atom. The van der Waals surface area contributed by atoms with Gasteiger partial charge in [-0.2, -0.15) is 0 Å². The molecule has 4 heteroatoms. The van der Waals surface area contributed by atoms with Crippen molar-refractivity contribution >= 4 is 17.6 Å². The predicted octanol–water partition coefficient (Wildman–Crippen LogP) is 3.75. The van der Waals surface area contributed by atoms with E-state index in [4.69, 9.17) is 4.74 Å². The molecule has 0 aromatic heterocycles. The maximum Gasteiger partial charge on any atom is 0.339 e. The molecule has 1 heterocycles. The predicted molar refractivity (Wildman–Crippen MR) is 98.0 cm³/mol. The number of para-hydroxylation sites is 1. The van der Waals surface area contributed by atoms with Gasteiger partial charge in [-0.15, -0.1) is 0 Å². The first kappa shape index (κ1) is 17.2. The number of nitrogens with zero attached hydrogens (tertiary/aromatic N) is 1. The van der Waals surface area contributed by atoms with Crippen LogP contribution in [-0.4, -0.2) is 24.5 Å². The number of hydrogen-bond acceptors (Lipinski definition) is 3. The molecule has 0 radical (unpaired) electrons. The summed E-state index contributed by atoms with van der Waals surface area (Å²) in [5.41, 5.74) is 5.46. The lowest BCUT2D eigenvalue weighted by Crippen LogP contribution is -2.38. The Morgan fingerprint density at radius 3 is 2.44 bits per heavy atom. The van der Waals surface area contributed by atoms with Crippen molar-refractivity contribution in [3.63, 3.8) is 0 Å². The maximum atomic E-state index is 12.6. The van der Waals surface area contributed by atoms with Crippen molar-refractivity contribution in [3.05, 3.63) is 64.2 Å². The highest BCUT2D eigenvalue weighted by molar-refractivity contribution is 5.99. The fourth-order valence-electron chi connectivity index (χ4n) is 3.72. The highest BCUT2D eigenvalue weighted by atomic mass is 16.5. The molecule has 1 unspecified atom stereocenters. The Labute approximate surface area is 148 Å². The average Bonchev–Trinajstić information content (AvgIpc) is 2.87. The minimum atomic E-state index is -0.441. The van der Waals surface area contributed by atoms with E-state index in [2.05, 4.69) is 0 Å². The van der Waals surface area contributed by atoms with E-state index in [1.165, 1.54) is 0 Å². The molecule has 25 heavy (non-hydrogen) atoms. The van der Waals surface area contributed by atoms with E-state index in [1.807, 2.05) is 64.1 Å². The summed E-state index contributed by atoms with van der Waals surface area (Å²) in [6, 6.07) is 11.8. The van der Waals surface area contributed by atoms with Crippen LogP contribution in [-0.2, 0) is 16.0 Å². The third kappa shape index (κ3) is 3.29. The molecule has 1 atom stereocenters. The summed E-state index contributed by atoms with van der Waals surface area (Å²) in [7, 11) is 0. The topological polar surface area (TPSA) is 46.6 Å². The molecule has 4 nitrogen and oxygen atoms in total. The summed E-state index contributed by atoms with van der Waals surface area (Å²) in [5, 5.41) is 0. The van der Waals surface area contributed by atoms with E-state index in [9.17, 15) is 9.59 Å². The van der Waals surface area contributed by atoms with E-state index in [-0.39, 0.29) is 18.6 Å². The number of carbonyl (C=O) groups is 2. The molecule has 1 aliphatic heterocycles. The third-order valence-electron chi connectivity index (χ3n) is 4.68. The lowest BCUT2D eigenvalue weighted by atomic mass is 10.00. The van der Waals surface area contributed by atoms with Crippen LogP contribution in [0.3, 0.4) is 0 Å². The molecule has 0 fully saturated rings. The zero-order valence-electron chi connectivity index (χ0n) is 15.1. The highest BCUT2D eigenvalue weighted by Crippen LogP contribution is 2.31. The fourth-order valence-corrected chi connectivity index (χ4v) is 3.72. The maximum absolute atomic E-state index is 12.6. The lowest BCUT2D eigenvalue weighted by Gasteiger charge is -2.22. The molecule has 0 N–H and O–H groups in total. The van der Waals surface area contributed by atoms with Gasteiger partial charge < -0.3 is 9.64 Å². The number of hydrogen-bond donors (Lipinski definition) is 0. The van der Waals surface area contributed by atoms with Crippen LogP contribution < -0.4 is 4.90 Å². The smallest absolute Gasteiger partial charge is 0.339 e. The van der Waals surface area contributed by atoms with Crippen molar-refractivity contribution in [2.75, 3.05) is 11.5 Å². The van der Waals surface area contributed by atoms with Gasteiger partial charge in [-0.25, -0.2) is 4.79 Å². The summed E-state index contributed by atoms with van der Waals surface area (Å²) < 4.78 is 5.34. The first-order chi connectivity index (χ1) is 11.9. The van der Waals surface area contributed by atoms with E-state index < -0.39 is 5.97 Å². The summed E-state index contributed by atoms with van der Waals surface area (Å²) in [6.45, 7) is 7.53. The van der Waals surface area contributed by atoms with Crippen LogP contribution in [0.1, 0.15) is 39.5 Å². The van der Waals surface area contributed by atoms with Crippen LogP contribution in [0.2, 0.25) is 0 Å². The minimum Gasteiger partial charge on any atom is -0.452 e. The molecule has 2 aromatic rings. The molecule has 1 amide bonds. The second kappa shape index (κ2) is 6.71. The number of fused-ring (bicyclic) bond motifs is 1.